The molecular weight excluding hydrogens is 320 g/mol. The highest BCUT2D eigenvalue weighted by molar-refractivity contribution is 5.88. The number of carboxylic acid groups (broad SMARTS) is 1. The van der Waals surface area contributed by atoms with Crippen LogP contribution in [-0.4, -0.2) is 33.4 Å². The van der Waals surface area contributed by atoms with Crippen LogP contribution in [0, 0.1) is 5.92 Å². The second-order valence-corrected chi connectivity index (χ2v) is 6.30. The van der Waals surface area contributed by atoms with E-state index in [1.54, 1.807) is 21.3 Å². The highest BCUT2D eigenvalue weighted by Gasteiger charge is 2.21. The van der Waals surface area contributed by atoms with Gasteiger partial charge in [0.05, 0.1) is 28.9 Å². The maximum Gasteiger partial charge on any atom is 0.335 e. The quantitative estimate of drug-likeness (QED) is 0.793. The van der Waals surface area contributed by atoms with Crippen molar-refractivity contribution in [3.8, 4) is 5.69 Å². The number of para-hydroxylation sites is 2. The van der Waals surface area contributed by atoms with Gasteiger partial charge < -0.3 is 9.84 Å². The molecule has 0 spiro atoms. The number of ether oxygens (including phenoxy) is 1. The largest absolute Gasteiger partial charge is 0.478 e. The summed E-state index contributed by atoms with van der Waals surface area (Å²) >= 11 is 0. The van der Waals surface area contributed by atoms with Crippen molar-refractivity contribution in [1.29, 1.82) is 0 Å². The molecule has 25 heavy (non-hydrogen) atoms. The van der Waals surface area contributed by atoms with Crippen molar-refractivity contribution >= 4 is 17.0 Å². The summed E-state index contributed by atoms with van der Waals surface area (Å²) in [6, 6.07) is 14.0. The Morgan fingerprint density at radius 1 is 1.12 bits per heavy atom. The minimum atomic E-state index is -0.984. The monoisotopic (exact) mass is 338 g/mol. The Balaban J connectivity index is 1.84. The summed E-state index contributed by atoms with van der Waals surface area (Å²) in [5.74, 6) is -0.645. The van der Waals surface area contributed by atoms with E-state index in [1.165, 1.54) is 12.1 Å². The first-order valence-corrected chi connectivity index (χ1v) is 8.27. The van der Waals surface area contributed by atoms with Crippen LogP contribution in [0.3, 0.4) is 0 Å². The number of hydrogen-bond donors (Lipinski definition) is 1. The van der Waals surface area contributed by atoms with Gasteiger partial charge >= 0.3 is 11.7 Å². The van der Waals surface area contributed by atoms with Crippen molar-refractivity contribution in [2.75, 3.05) is 13.2 Å². The first-order valence-electron chi connectivity index (χ1n) is 8.27. The number of hydrogen-bond acceptors (Lipinski definition) is 3. The van der Waals surface area contributed by atoms with Crippen LogP contribution in [0.4, 0.5) is 0 Å². The lowest BCUT2D eigenvalue weighted by Crippen LogP contribution is -2.26. The average molecular weight is 338 g/mol. The number of carbonyl (C=O) groups is 1. The van der Waals surface area contributed by atoms with Crippen molar-refractivity contribution in [3.63, 3.8) is 0 Å². The van der Waals surface area contributed by atoms with Gasteiger partial charge in [-0.05, 0) is 42.8 Å². The first-order chi connectivity index (χ1) is 12.1. The number of imidazole rings is 1. The molecule has 2 aromatic carbocycles. The third-order valence-electron chi connectivity index (χ3n) is 4.67. The first kappa shape index (κ1) is 15.7. The Kier molecular flexibility index (Phi) is 3.89. The summed E-state index contributed by atoms with van der Waals surface area (Å²) in [7, 11) is 0. The van der Waals surface area contributed by atoms with Crippen molar-refractivity contribution in [2.45, 2.75) is 13.0 Å². The molecular formula is C19H18N2O4. The summed E-state index contributed by atoms with van der Waals surface area (Å²) in [5.41, 5.74) is 2.43. The van der Waals surface area contributed by atoms with Gasteiger partial charge in [0, 0.05) is 19.1 Å². The van der Waals surface area contributed by atoms with E-state index in [0.717, 1.165) is 24.1 Å². The van der Waals surface area contributed by atoms with Gasteiger partial charge in [0.2, 0.25) is 0 Å². The molecule has 3 aromatic rings. The molecule has 6 heteroatoms. The zero-order chi connectivity index (χ0) is 17.4. The molecule has 0 bridgehead atoms. The number of benzene rings is 2. The molecule has 4 rings (SSSR count). The van der Waals surface area contributed by atoms with E-state index in [-0.39, 0.29) is 11.3 Å². The molecule has 0 aliphatic carbocycles. The van der Waals surface area contributed by atoms with E-state index < -0.39 is 5.97 Å². The molecule has 0 saturated carbocycles. The lowest BCUT2D eigenvalue weighted by atomic mass is 10.1. The van der Waals surface area contributed by atoms with E-state index >= 15 is 0 Å². The van der Waals surface area contributed by atoms with Gasteiger partial charge in [-0.15, -0.1) is 0 Å². The third kappa shape index (κ3) is 2.74. The fraction of sp³-hybridized carbons (Fsp3) is 0.263. The molecule has 1 aliphatic heterocycles. The zero-order valence-electron chi connectivity index (χ0n) is 13.6. The molecule has 1 atom stereocenters. The Bertz CT molecular complexity index is 979. The van der Waals surface area contributed by atoms with Crippen LogP contribution in [0.25, 0.3) is 16.7 Å². The molecule has 2 heterocycles. The van der Waals surface area contributed by atoms with Crippen LogP contribution < -0.4 is 5.69 Å². The fourth-order valence-corrected chi connectivity index (χ4v) is 3.37. The summed E-state index contributed by atoms with van der Waals surface area (Å²) in [6.07, 6.45) is 0.958. The zero-order valence-corrected chi connectivity index (χ0v) is 13.6. The molecule has 1 aliphatic rings. The standard InChI is InChI=1S/C19H18N2O4/c22-18(23)14-5-7-15(8-6-14)21-17-4-2-1-3-16(17)20(19(21)24)11-13-9-10-25-12-13/h1-8,13H,9-12H2,(H,22,23). The van der Waals surface area contributed by atoms with Crippen molar-refractivity contribution < 1.29 is 14.6 Å². The maximum absolute atomic E-state index is 13.1. The summed E-state index contributed by atoms with van der Waals surface area (Å²) in [4.78, 5) is 24.1. The molecule has 1 saturated heterocycles. The Morgan fingerprint density at radius 3 is 2.48 bits per heavy atom. The number of aromatic carboxylic acids is 1. The van der Waals surface area contributed by atoms with Crippen molar-refractivity contribution in [3.05, 3.63) is 64.6 Å². The number of rotatable bonds is 4. The van der Waals surface area contributed by atoms with Gasteiger partial charge in [0.1, 0.15) is 0 Å². The van der Waals surface area contributed by atoms with Gasteiger partial charge in [-0.1, -0.05) is 12.1 Å². The number of aromatic nitrogens is 2. The number of fused-ring (bicyclic) bond motifs is 1. The second kappa shape index (κ2) is 6.22. The van der Waals surface area contributed by atoms with Gasteiger partial charge in [-0.25, -0.2) is 9.59 Å². The molecule has 0 radical (unpaired) electrons. The number of carboxylic acids is 1. The van der Waals surface area contributed by atoms with Gasteiger partial charge in [0.15, 0.2) is 0 Å². The van der Waals surface area contributed by atoms with E-state index in [9.17, 15) is 9.59 Å². The lowest BCUT2D eigenvalue weighted by Gasteiger charge is -2.08. The molecule has 1 unspecified atom stereocenters. The van der Waals surface area contributed by atoms with Crippen molar-refractivity contribution in [2.24, 2.45) is 5.92 Å². The van der Waals surface area contributed by atoms with Gasteiger partial charge in [-0.3, -0.25) is 9.13 Å². The molecule has 128 valence electrons. The topological polar surface area (TPSA) is 73.5 Å². The molecule has 1 fully saturated rings. The third-order valence-corrected chi connectivity index (χ3v) is 4.67. The highest BCUT2D eigenvalue weighted by Crippen LogP contribution is 2.21. The number of nitrogens with zero attached hydrogens (tertiary/aromatic N) is 2. The van der Waals surface area contributed by atoms with Crippen LogP contribution in [0.5, 0.6) is 0 Å². The Labute approximate surface area is 143 Å². The predicted octanol–water partition coefficient (Wildman–Crippen LogP) is 2.53. The van der Waals surface area contributed by atoms with Crippen LogP contribution in [0.1, 0.15) is 16.8 Å². The van der Waals surface area contributed by atoms with E-state index in [2.05, 4.69) is 0 Å². The fourth-order valence-electron chi connectivity index (χ4n) is 3.37. The van der Waals surface area contributed by atoms with Gasteiger partial charge in [-0.2, -0.15) is 0 Å². The predicted molar refractivity (Wildman–Crippen MR) is 93.4 cm³/mol. The van der Waals surface area contributed by atoms with Crippen LogP contribution in [-0.2, 0) is 11.3 Å². The Hall–Kier alpha value is -2.86. The second-order valence-electron chi connectivity index (χ2n) is 6.30. The van der Waals surface area contributed by atoms with Crippen LogP contribution >= 0.6 is 0 Å². The minimum Gasteiger partial charge on any atom is -0.478 e. The van der Waals surface area contributed by atoms with E-state index in [4.69, 9.17) is 9.84 Å². The smallest absolute Gasteiger partial charge is 0.335 e. The maximum atomic E-state index is 13.1. The van der Waals surface area contributed by atoms with Crippen LogP contribution in [0.2, 0.25) is 0 Å². The SMILES string of the molecule is O=C(O)c1ccc(-n2c(=O)n(CC3CCOC3)c3ccccc32)cc1. The lowest BCUT2D eigenvalue weighted by molar-refractivity contribution is 0.0697. The van der Waals surface area contributed by atoms with Crippen molar-refractivity contribution in [1.82, 2.24) is 9.13 Å². The summed E-state index contributed by atoms with van der Waals surface area (Å²) < 4.78 is 8.86. The average Bonchev–Trinajstić information content (AvgIpc) is 3.23. The molecule has 1 aromatic heterocycles. The Morgan fingerprint density at radius 2 is 1.84 bits per heavy atom. The molecule has 0 amide bonds. The molecule has 1 N–H and O–H groups in total. The van der Waals surface area contributed by atoms with Crippen LogP contribution in [0.15, 0.2) is 53.3 Å². The van der Waals surface area contributed by atoms with E-state index in [0.29, 0.717) is 24.8 Å². The normalized spacial score (nSPS) is 17.2. The minimum absolute atomic E-state index is 0.115. The highest BCUT2D eigenvalue weighted by atomic mass is 16.5. The van der Waals surface area contributed by atoms with Gasteiger partial charge in [0.25, 0.3) is 0 Å². The van der Waals surface area contributed by atoms with E-state index in [1.807, 2.05) is 24.3 Å². The summed E-state index contributed by atoms with van der Waals surface area (Å²) in [5, 5.41) is 9.05. The summed E-state index contributed by atoms with van der Waals surface area (Å²) in [6.45, 7) is 2.05. The molecule has 6 nitrogen and oxygen atoms in total.